The molecule has 7 heteroatoms. The number of aromatic nitrogens is 2. The lowest BCUT2D eigenvalue weighted by molar-refractivity contribution is 0.105. The molecule has 0 atom stereocenters. The van der Waals surface area contributed by atoms with Crippen LogP contribution in [0.4, 0.5) is 4.39 Å². The van der Waals surface area contributed by atoms with Crippen LogP contribution in [0.5, 0.6) is 0 Å². The molecule has 0 bridgehead atoms. The number of rotatable bonds is 4. The third-order valence-electron chi connectivity index (χ3n) is 4.50. The van der Waals surface area contributed by atoms with Gasteiger partial charge in [-0.1, -0.05) is 18.2 Å². The van der Waals surface area contributed by atoms with E-state index < -0.39 is 11.6 Å². The summed E-state index contributed by atoms with van der Waals surface area (Å²) in [6.07, 6.45) is 4.91. The van der Waals surface area contributed by atoms with E-state index >= 15 is 0 Å². The first kappa shape index (κ1) is 20.1. The maximum Gasteiger partial charge on any atom is 0.273 e. The summed E-state index contributed by atoms with van der Waals surface area (Å²) in [6, 6.07) is 19.2. The van der Waals surface area contributed by atoms with Crippen molar-refractivity contribution in [2.75, 3.05) is 0 Å². The lowest BCUT2D eigenvalue weighted by Crippen LogP contribution is -2.31. The molecule has 4 aromatic rings. The van der Waals surface area contributed by atoms with Crippen LogP contribution in [-0.2, 0) is 0 Å². The largest absolute Gasteiger partial charge is 0.288 e. The van der Waals surface area contributed by atoms with Gasteiger partial charge in [-0.3, -0.25) is 19.1 Å². The van der Waals surface area contributed by atoms with E-state index in [1.807, 2.05) is 12.1 Å². The molecule has 0 spiro atoms. The zero-order chi connectivity index (χ0) is 21.8. The Morgan fingerprint density at radius 1 is 1.03 bits per heavy atom. The lowest BCUT2D eigenvalue weighted by Gasteiger charge is -2.03. The molecule has 0 amide bonds. The Morgan fingerprint density at radius 3 is 2.35 bits per heavy atom. The summed E-state index contributed by atoms with van der Waals surface area (Å²) >= 11 is 1.05. The maximum atomic E-state index is 13.3. The molecule has 0 radical (unpaired) electrons. The molecular weight excluding hydrogens is 413 g/mol. The van der Waals surface area contributed by atoms with Gasteiger partial charge in [0.05, 0.1) is 10.2 Å². The number of hydrogen-bond donors (Lipinski definition) is 0. The SMILES string of the molecule is N#CC(C(=O)c1ccc(F)cc1)=c1sc(=Cc2ccncc2)c(=O)n1-c1ccccc1. The maximum absolute atomic E-state index is 13.3. The van der Waals surface area contributed by atoms with E-state index in [0.717, 1.165) is 29.0 Å². The van der Waals surface area contributed by atoms with Crippen LogP contribution in [0.15, 0.2) is 83.9 Å². The van der Waals surface area contributed by atoms with Crippen LogP contribution in [0.25, 0.3) is 17.3 Å². The number of carbonyl (C=O) groups is 1. The number of hydrogen-bond acceptors (Lipinski definition) is 5. The molecule has 0 aliphatic carbocycles. The fourth-order valence-corrected chi connectivity index (χ4v) is 4.12. The first-order valence-electron chi connectivity index (χ1n) is 9.22. The van der Waals surface area contributed by atoms with Crippen molar-refractivity contribution in [1.82, 2.24) is 9.55 Å². The predicted octanol–water partition coefficient (Wildman–Crippen LogP) is 2.82. The van der Waals surface area contributed by atoms with Gasteiger partial charge in [-0.2, -0.15) is 5.26 Å². The molecule has 0 aliphatic rings. The van der Waals surface area contributed by atoms with Crippen molar-refractivity contribution >= 4 is 28.8 Å². The Bertz CT molecular complexity index is 1470. The van der Waals surface area contributed by atoms with Gasteiger partial charge in [-0.15, -0.1) is 11.3 Å². The normalized spacial score (nSPS) is 12.3. The van der Waals surface area contributed by atoms with E-state index in [1.54, 1.807) is 54.9 Å². The van der Waals surface area contributed by atoms with Gasteiger partial charge in [0.1, 0.15) is 22.1 Å². The highest BCUT2D eigenvalue weighted by molar-refractivity contribution is 7.07. The highest BCUT2D eigenvalue weighted by Gasteiger charge is 2.18. The molecule has 0 fully saturated rings. The van der Waals surface area contributed by atoms with Crippen LogP contribution in [-0.4, -0.2) is 15.3 Å². The van der Waals surface area contributed by atoms with E-state index in [4.69, 9.17) is 0 Å². The van der Waals surface area contributed by atoms with Crippen molar-refractivity contribution < 1.29 is 9.18 Å². The number of nitrogens with zero attached hydrogens (tertiary/aromatic N) is 3. The molecular formula is C24H14FN3O2S. The van der Waals surface area contributed by atoms with E-state index in [-0.39, 0.29) is 21.4 Å². The Hall–Kier alpha value is -4.15. The zero-order valence-corrected chi connectivity index (χ0v) is 16.8. The van der Waals surface area contributed by atoms with Crippen LogP contribution in [0.2, 0.25) is 0 Å². The molecule has 2 heterocycles. The van der Waals surface area contributed by atoms with Gasteiger partial charge < -0.3 is 0 Å². The van der Waals surface area contributed by atoms with Crippen molar-refractivity contribution in [1.29, 1.82) is 5.26 Å². The second kappa shape index (κ2) is 8.69. The minimum absolute atomic E-state index is 0.165. The fraction of sp³-hybridized carbons (Fsp3) is 0. The highest BCUT2D eigenvalue weighted by atomic mass is 32.1. The molecule has 5 nitrogen and oxygen atoms in total. The fourth-order valence-electron chi connectivity index (χ4n) is 3.01. The summed E-state index contributed by atoms with van der Waals surface area (Å²) < 4.78 is 15.2. The van der Waals surface area contributed by atoms with Gasteiger partial charge in [0.2, 0.25) is 5.78 Å². The number of nitriles is 1. The number of carbonyl (C=O) groups excluding carboxylic acids is 1. The summed E-state index contributed by atoms with van der Waals surface area (Å²) in [5.74, 6) is -1.06. The average Bonchev–Trinajstić information content (AvgIpc) is 3.11. The van der Waals surface area contributed by atoms with Crippen LogP contribution < -0.4 is 14.8 Å². The van der Waals surface area contributed by atoms with Crippen molar-refractivity contribution in [3.8, 4) is 11.8 Å². The van der Waals surface area contributed by atoms with Crippen molar-refractivity contribution in [3.63, 3.8) is 0 Å². The van der Waals surface area contributed by atoms with Gasteiger partial charge in [0.15, 0.2) is 0 Å². The molecule has 0 N–H and O–H groups in total. The first-order valence-corrected chi connectivity index (χ1v) is 10.0. The Morgan fingerprint density at radius 2 is 1.71 bits per heavy atom. The molecule has 4 rings (SSSR count). The van der Waals surface area contributed by atoms with Crippen molar-refractivity contribution in [2.24, 2.45) is 0 Å². The number of thiazole rings is 1. The summed E-state index contributed by atoms with van der Waals surface area (Å²) in [7, 11) is 0. The lowest BCUT2D eigenvalue weighted by atomic mass is 10.1. The number of halogens is 1. The quantitative estimate of drug-likeness (QED) is 0.470. The first-order chi connectivity index (χ1) is 15.1. The van der Waals surface area contributed by atoms with E-state index in [1.165, 1.54) is 16.7 Å². The predicted molar refractivity (Wildman–Crippen MR) is 117 cm³/mol. The molecule has 0 unspecified atom stereocenters. The molecule has 0 aliphatic heterocycles. The Balaban J connectivity index is 2.04. The average molecular weight is 427 g/mol. The van der Waals surface area contributed by atoms with Crippen LogP contribution in [0.3, 0.4) is 0 Å². The molecule has 31 heavy (non-hydrogen) atoms. The van der Waals surface area contributed by atoms with E-state index in [2.05, 4.69) is 4.98 Å². The van der Waals surface area contributed by atoms with Gasteiger partial charge in [-0.25, -0.2) is 4.39 Å². The number of ketones is 1. The second-order valence-electron chi connectivity index (χ2n) is 6.50. The molecule has 2 aromatic heterocycles. The summed E-state index contributed by atoms with van der Waals surface area (Å²) in [5.41, 5.74) is 0.934. The smallest absolute Gasteiger partial charge is 0.273 e. The second-order valence-corrected chi connectivity index (χ2v) is 7.53. The molecule has 2 aromatic carbocycles. The Kier molecular flexibility index (Phi) is 5.65. The molecule has 150 valence electrons. The number of pyridine rings is 1. The Labute approximate surface area is 180 Å². The van der Waals surface area contributed by atoms with Crippen LogP contribution >= 0.6 is 11.3 Å². The number of para-hydroxylation sites is 1. The van der Waals surface area contributed by atoms with Gasteiger partial charge in [-0.05, 0) is 60.2 Å². The van der Waals surface area contributed by atoms with E-state index in [9.17, 15) is 19.2 Å². The number of benzene rings is 2. The summed E-state index contributed by atoms with van der Waals surface area (Å²) in [4.78, 5) is 30.3. The topological polar surface area (TPSA) is 75.8 Å². The third kappa shape index (κ3) is 4.10. The standard InChI is InChI=1S/C24H14FN3O2S/c25-18-8-6-17(7-9-18)22(29)20(15-26)24-28(19-4-2-1-3-5-19)23(30)21(31-24)14-16-10-12-27-13-11-16/h1-14H. The summed E-state index contributed by atoms with van der Waals surface area (Å²) in [5, 5.41) is 9.82. The van der Waals surface area contributed by atoms with Gasteiger partial charge in [0.25, 0.3) is 5.56 Å². The van der Waals surface area contributed by atoms with Crippen LogP contribution in [0.1, 0.15) is 15.9 Å². The minimum Gasteiger partial charge on any atom is -0.288 e. The van der Waals surface area contributed by atoms with Gasteiger partial charge in [0, 0.05) is 18.0 Å². The minimum atomic E-state index is -0.580. The molecule has 0 saturated heterocycles. The third-order valence-corrected chi connectivity index (χ3v) is 5.59. The highest BCUT2D eigenvalue weighted by Crippen LogP contribution is 2.11. The molecule has 0 saturated carbocycles. The van der Waals surface area contributed by atoms with Crippen molar-refractivity contribution in [3.05, 3.63) is 116 Å². The van der Waals surface area contributed by atoms with Crippen LogP contribution in [0, 0.1) is 17.1 Å². The van der Waals surface area contributed by atoms with E-state index in [0.29, 0.717) is 10.2 Å². The monoisotopic (exact) mass is 427 g/mol. The zero-order valence-electron chi connectivity index (χ0n) is 16.0. The summed E-state index contributed by atoms with van der Waals surface area (Å²) in [6.45, 7) is 0. The van der Waals surface area contributed by atoms with Crippen molar-refractivity contribution in [2.45, 2.75) is 0 Å². The number of Topliss-reactive ketones (excluding diaryl/α,β-unsaturated/α-hetero) is 1. The van der Waals surface area contributed by atoms with Gasteiger partial charge >= 0.3 is 0 Å².